The van der Waals surface area contributed by atoms with E-state index in [1.54, 1.807) is 29.2 Å². The number of halogens is 1. The van der Waals surface area contributed by atoms with E-state index in [4.69, 9.17) is 11.6 Å². The standard InChI is InChI=1S/C20H23ClN2O3S/c1-3-19(23(27(2,25)26)18-10-8-17(21)9-11-18)20(24)22-13-12-15-6-4-5-7-16(15)14-22/h4-11,19H,3,12-14H2,1-2H3. The van der Waals surface area contributed by atoms with Gasteiger partial charge in [-0.05, 0) is 48.2 Å². The van der Waals surface area contributed by atoms with Gasteiger partial charge in [-0.15, -0.1) is 0 Å². The number of benzene rings is 2. The van der Waals surface area contributed by atoms with Crippen LogP contribution in [-0.4, -0.2) is 38.1 Å². The summed E-state index contributed by atoms with van der Waals surface area (Å²) in [6.07, 6.45) is 2.29. The molecule has 5 nitrogen and oxygen atoms in total. The largest absolute Gasteiger partial charge is 0.336 e. The number of nitrogens with zero attached hydrogens (tertiary/aromatic N) is 2. The highest BCUT2D eigenvalue weighted by atomic mass is 35.5. The van der Waals surface area contributed by atoms with Gasteiger partial charge in [0.25, 0.3) is 0 Å². The number of amides is 1. The van der Waals surface area contributed by atoms with E-state index in [-0.39, 0.29) is 5.91 Å². The SMILES string of the molecule is CCC(C(=O)N1CCc2ccccc2C1)N(c1ccc(Cl)cc1)S(C)(=O)=O. The molecule has 0 N–H and O–H groups in total. The lowest BCUT2D eigenvalue weighted by Crippen LogP contribution is -2.51. The van der Waals surface area contributed by atoms with Crippen LogP contribution in [0, 0.1) is 0 Å². The topological polar surface area (TPSA) is 57.7 Å². The second-order valence-electron chi connectivity index (χ2n) is 6.74. The molecule has 1 atom stereocenters. The molecule has 1 aliphatic rings. The zero-order valence-electron chi connectivity index (χ0n) is 15.4. The van der Waals surface area contributed by atoms with Gasteiger partial charge in [0, 0.05) is 18.1 Å². The van der Waals surface area contributed by atoms with Gasteiger partial charge in [-0.1, -0.05) is 42.8 Å². The van der Waals surface area contributed by atoms with E-state index in [0.717, 1.165) is 18.2 Å². The highest BCUT2D eigenvalue weighted by Gasteiger charge is 2.35. The molecule has 0 spiro atoms. The molecule has 1 heterocycles. The predicted octanol–water partition coefficient (Wildman–Crippen LogP) is 3.47. The number of fused-ring (bicyclic) bond motifs is 1. The average Bonchev–Trinajstić information content (AvgIpc) is 2.65. The Morgan fingerprint density at radius 3 is 2.37 bits per heavy atom. The van der Waals surface area contributed by atoms with E-state index < -0.39 is 16.1 Å². The minimum Gasteiger partial charge on any atom is -0.336 e. The number of anilines is 1. The fourth-order valence-corrected chi connectivity index (χ4v) is 4.86. The van der Waals surface area contributed by atoms with Gasteiger partial charge >= 0.3 is 0 Å². The summed E-state index contributed by atoms with van der Waals surface area (Å²) < 4.78 is 26.3. The molecule has 2 aromatic carbocycles. The third-order valence-corrected chi connectivity index (χ3v) is 6.27. The summed E-state index contributed by atoms with van der Waals surface area (Å²) in [5, 5.41) is 0.513. The lowest BCUT2D eigenvalue weighted by atomic mass is 9.99. The summed E-state index contributed by atoms with van der Waals surface area (Å²) in [4.78, 5) is 15.0. The van der Waals surface area contributed by atoms with Gasteiger partial charge in [-0.2, -0.15) is 0 Å². The highest BCUT2D eigenvalue weighted by molar-refractivity contribution is 7.92. The number of carbonyl (C=O) groups excluding carboxylic acids is 1. The smallest absolute Gasteiger partial charge is 0.246 e. The van der Waals surface area contributed by atoms with Crippen LogP contribution in [0.1, 0.15) is 24.5 Å². The fourth-order valence-electron chi connectivity index (χ4n) is 3.53. The molecule has 0 radical (unpaired) electrons. The molecule has 1 amide bonds. The Hall–Kier alpha value is -2.05. The zero-order valence-corrected chi connectivity index (χ0v) is 17.0. The Labute approximate surface area is 165 Å². The summed E-state index contributed by atoms with van der Waals surface area (Å²) in [5.41, 5.74) is 2.80. The van der Waals surface area contributed by atoms with E-state index in [2.05, 4.69) is 6.07 Å². The van der Waals surface area contributed by atoms with Crippen LogP contribution in [0.5, 0.6) is 0 Å². The van der Waals surface area contributed by atoms with Crippen LogP contribution in [0.3, 0.4) is 0 Å². The Kier molecular flexibility index (Phi) is 5.77. The van der Waals surface area contributed by atoms with Gasteiger partial charge in [-0.3, -0.25) is 9.10 Å². The molecule has 1 unspecified atom stereocenters. The van der Waals surface area contributed by atoms with Gasteiger partial charge in [-0.25, -0.2) is 8.42 Å². The van der Waals surface area contributed by atoms with Crippen LogP contribution in [0.25, 0.3) is 0 Å². The van der Waals surface area contributed by atoms with E-state index >= 15 is 0 Å². The van der Waals surface area contributed by atoms with E-state index in [1.165, 1.54) is 9.87 Å². The van der Waals surface area contributed by atoms with Crippen LogP contribution in [-0.2, 0) is 27.8 Å². The summed E-state index contributed by atoms with van der Waals surface area (Å²) in [6, 6.07) is 13.8. The van der Waals surface area contributed by atoms with Crippen molar-refractivity contribution in [3.63, 3.8) is 0 Å². The first kappa shape index (κ1) is 19.7. The van der Waals surface area contributed by atoms with Crippen molar-refractivity contribution in [2.24, 2.45) is 0 Å². The first-order chi connectivity index (χ1) is 12.8. The number of sulfonamides is 1. The molecule has 7 heteroatoms. The average molecular weight is 407 g/mol. The summed E-state index contributed by atoms with van der Waals surface area (Å²) in [6.45, 7) is 2.92. The zero-order chi connectivity index (χ0) is 19.6. The van der Waals surface area contributed by atoms with E-state index in [0.29, 0.717) is 30.2 Å². The van der Waals surface area contributed by atoms with Crippen molar-refractivity contribution in [1.29, 1.82) is 0 Å². The van der Waals surface area contributed by atoms with Gasteiger partial charge in [0.05, 0.1) is 11.9 Å². The molecular formula is C20H23ClN2O3S. The summed E-state index contributed by atoms with van der Waals surface area (Å²) in [5.74, 6) is -0.174. The summed E-state index contributed by atoms with van der Waals surface area (Å²) in [7, 11) is -3.64. The highest BCUT2D eigenvalue weighted by Crippen LogP contribution is 2.27. The van der Waals surface area contributed by atoms with Crippen LogP contribution in [0.2, 0.25) is 5.02 Å². The number of rotatable bonds is 5. The quantitative estimate of drug-likeness (QED) is 0.763. The molecule has 27 heavy (non-hydrogen) atoms. The van der Waals surface area contributed by atoms with Gasteiger partial charge < -0.3 is 4.90 Å². The Bertz CT molecular complexity index is 928. The molecule has 0 saturated heterocycles. The molecule has 3 rings (SSSR count). The first-order valence-electron chi connectivity index (χ1n) is 8.91. The van der Waals surface area contributed by atoms with Crippen LogP contribution < -0.4 is 4.31 Å². The van der Waals surface area contributed by atoms with Crippen molar-refractivity contribution < 1.29 is 13.2 Å². The number of carbonyl (C=O) groups is 1. The maximum absolute atomic E-state index is 13.3. The normalized spacial score (nSPS) is 15.1. The lowest BCUT2D eigenvalue weighted by Gasteiger charge is -2.36. The molecular weight excluding hydrogens is 384 g/mol. The van der Waals surface area contributed by atoms with Crippen molar-refractivity contribution in [3.8, 4) is 0 Å². The third-order valence-electron chi connectivity index (χ3n) is 4.84. The molecule has 0 aliphatic carbocycles. The first-order valence-corrected chi connectivity index (χ1v) is 11.1. The third kappa shape index (κ3) is 4.28. The second kappa shape index (κ2) is 7.90. The molecule has 0 fully saturated rings. The fraction of sp³-hybridized carbons (Fsp3) is 0.350. The maximum Gasteiger partial charge on any atom is 0.246 e. The van der Waals surface area contributed by atoms with Gasteiger partial charge in [0.2, 0.25) is 15.9 Å². The van der Waals surface area contributed by atoms with E-state index in [1.807, 2.05) is 25.1 Å². The second-order valence-corrected chi connectivity index (χ2v) is 9.03. The molecule has 2 aromatic rings. The van der Waals surface area contributed by atoms with Crippen LogP contribution >= 0.6 is 11.6 Å². The van der Waals surface area contributed by atoms with Gasteiger partial charge in [0.15, 0.2) is 0 Å². The van der Waals surface area contributed by atoms with Crippen LogP contribution in [0.15, 0.2) is 48.5 Å². The molecule has 0 bridgehead atoms. The van der Waals surface area contributed by atoms with E-state index in [9.17, 15) is 13.2 Å². The number of hydrogen-bond acceptors (Lipinski definition) is 3. The summed E-state index contributed by atoms with van der Waals surface area (Å²) >= 11 is 5.93. The van der Waals surface area contributed by atoms with Crippen molar-refractivity contribution in [1.82, 2.24) is 4.90 Å². The predicted molar refractivity (Wildman–Crippen MR) is 108 cm³/mol. The van der Waals surface area contributed by atoms with Crippen molar-refractivity contribution in [2.45, 2.75) is 32.4 Å². The Morgan fingerprint density at radius 2 is 1.78 bits per heavy atom. The Morgan fingerprint density at radius 1 is 1.15 bits per heavy atom. The monoisotopic (exact) mass is 406 g/mol. The molecule has 144 valence electrons. The lowest BCUT2D eigenvalue weighted by molar-refractivity contribution is -0.133. The van der Waals surface area contributed by atoms with Crippen molar-refractivity contribution >= 4 is 33.2 Å². The Balaban J connectivity index is 1.91. The van der Waals surface area contributed by atoms with Crippen molar-refractivity contribution in [2.75, 3.05) is 17.1 Å². The van der Waals surface area contributed by atoms with Crippen molar-refractivity contribution in [3.05, 3.63) is 64.7 Å². The molecule has 0 aromatic heterocycles. The molecule has 0 saturated carbocycles. The van der Waals surface area contributed by atoms with Crippen LogP contribution in [0.4, 0.5) is 5.69 Å². The number of hydrogen-bond donors (Lipinski definition) is 0. The maximum atomic E-state index is 13.3. The minimum absolute atomic E-state index is 0.174. The van der Waals surface area contributed by atoms with Gasteiger partial charge in [0.1, 0.15) is 6.04 Å². The minimum atomic E-state index is -3.64. The molecule has 1 aliphatic heterocycles.